The monoisotopic (exact) mass is 280 g/mol. The average molecular weight is 280 g/mol. The van der Waals surface area contributed by atoms with Crippen molar-refractivity contribution >= 4 is 22.8 Å². The van der Waals surface area contributed by atoms with Crippen LogP contribution in [0.25, 0.3) is 16.8 Å². The first kappa shape index (κ1) is 13.9. The largest absolute Gasteiger partial charge is 0.462 e. The molecule has 0 radical (unpaired) electrons. The van der Waals surface area contributed by atoms with Crippen molar-refractivity contribution in [2.75, 3.05) is 6.61 Å². The lowest BCUT2D eigenvalue weighted by molar-refractivity contribution is 0.0443. The van der Waals surface area contributed by atoms with E-state index in [1.165, 1.54) is 25.7 Å². The van der Waals surface area contributed by atoms with Gasteiger partial charge in [0.05, 0.1) is 12.2 Å². The molecule has 0 amide bonds. The molecule has 0 saturated heterocycles. The molecule has 0 aliphatic heterocycles. The average Bonchev–Trinajstić information content (AvgIpc) is 3.05. The standard InChI is InChI=1S/C19H20O2/c1-2-14-7-8-17-12-18(10-9-16(17)11-14)19(20)21-13-15-5-3-4-6-15/h2,7-12,15H,1,3-6,13H2. The summed E-state index contributed by atoms with van der Waals surface area (Å²) < 4.78 is 5.45. The molecule has 0 N–H and O–H groups in total. The lowest BCUT2D eigenvalue weighted by atomic mass is 10.0. The van der Waals surface area contributed by atoms with Gasteiger partial charge in [-0.2, -0.15) is 0 Å². The van der Waals surface area contributed by atoms with E-state index in [0.717, 1.165) is 16.3 Å². The third kappa shape index (κ3) is 3.15. The predicted molar refractivity (Wildman–Crippen MR) is 86.3 cm³/mol. The van der Waals surface area contributed by atoms with Crippen LogP contribution in [0.1, 0.15) is 41.6 Å². The number of fused-ring (bicyclic) bond motifs is 1. The molecule has 2 nitrogen and oxygen atoms in total. The zero-order chi connectivity index (χ0) is 14.7. The van der Waals surface area contributed by atoms with E-state index in [4.69, 9.17) is 4.74 Å². The minimum Gasteiger partial charge on any atom is -0.462 e. The van der Waals surface area contributed by atoms with Gasteiger partial charge >= 0.3 is 5.97 Å². The molecule has 0 spiro atoms. The molecule has 1 aliphatic rings. The van der Waals surface area contributed by atoms with Gasteiger partial charge in [-0.15, -0.1) is 0 Å². The lowest BCUT2D eigenvalue weighted by Gasteiger charge is -2.10. The molecule has 2 aromatic carbocycles. The Bertz CT molecular complexity index is 666. The third-order valence-electron chi connectivity index (χ3n) is 4.26. The summed E-state index contributed by atoms with van der Waals surface area (Å²) in [5, 5.41) is 2.16. The highest BCUT2D eigenvalue weighted by Gasteiger charge is 2.17. The van der Waals surface area contributed by atoms with Crippen molar-refractivity contribution in [3.8, 4) is 0 Å². The maximum absolute atomic E-state index is 12.1. The minimum atomic E-state index is -0.211. The lowest BCUT2D eigenvalue weighted by Crippen LogP contribution is -2.12. The molecular formula is C19H20O2. The van der Waals surface area contributed by atoms with Crippen molar-refractivity contribution in [1.82, 2.24) is 0 Å². The second kappa shape index (κ2) is 6.13. The number of carbonyl (C=O) groups is 1. The van der Waals surface area contributed by atoms with Crippen LogP contribution < -0.4 is 0 Å². The number of rotatable bonds is 4. The van der Waals surface area contributed by atoms with Crippen molar-refractivity contribution in [2.24, 2.45) is 5.92 Å². The van der Waals surface area contributed by atoms with Gasteiger partial charge in [0.15, 0.2) is 0 Å². The molecule has 1 saturated carbocycles. The number of esters is 1. The Morgan fingerprint density at radius 1 is 1.14 bits per heavy atom. The van der Waals surface area contributed by atoms with E-state index in [1.807, 2.05) is 36.4 Å². The molecule has 0 bridgehead atoms. The summed E-state index contributed by atoms with van der Waals surface area (Å²) in [5.41, 5.74) is 1.71. The van der Waals surface area contributed by atoms with Gasteiger partial charge < -0.3 is 4.74 Å². The van der Waals surface area contributed by atoms with Gasteiger partial charge in [0.1, 0.15) is 0 Å². The quantitative estimate of drug-likeness (QED) is 0.750. The summed E-state index contributed by atoms with van der Waals surface area (Å²) in [6, 6.07) is 11.8. The van der Waals surface area contributed by atoms with Crippen LogP contribution in [0.2, 0.25) is 0 Å². The fraction of sp³-hybridized carbons (Fsp3) is 0.316. The number of hydrogen-bond donors (Lipinski definition) is 0. The minimum absolute atomic E-state index is 0.211. The predicted octanol–water partition coefficient (Wildman–Crippen LogP) is 4.83. The second-order valence-electron chi connectivity index (χ2n) is 5.77. The number of ether oxygens (including phenoxy) is 1. The second-order valence-corrected chi connectivity index (χ2v) is 5.77. The maximum atomic E-state index is 12.1. The summed E-state index contributed by atoms with van der Waals surface area (Å²) in [7, 11) is 0. The Labute approximate surface area is 125 Å². The van der Waals surface area contributed by atoms with Crippen molar-refractivity contribution in [2.45, 2.75) is 25.7 Å². The van der Waals surface area contributed by atoms with Gasteiger partial charge in [0.2, 0.25) is 0 Å². The molecule has 1 fully saturated rings. The zero-order valence-electron chi connectivity index (χ0n) is 12.2. The Hall–Kier alpha value is -2.09. The van der Waals surface area contributed by atoms with E-state index >= 15 is 0 Å². The summed E-state index contributed by atoms with van der Waals surface area (Å²) >= 11 is 0. The molecule has 0 atom stereocenters. The first-order valence-corrected chi connectivity index (χ1v) is 7.59. The Balaban J connectivity index is 1.73. The zero-order valence-corrected chi connectivity index (χ0v) is 12.2. The topological polar surface area (TPSA) is 26.3 Å². The molecule has 0 heterocycles. The van der Waals surface area contributed by atoms with E-state index in [-0.39, 0.29) is 5.97 Å². The SMILES string of the molecule is C=Cc1ccc2cc(C(=O)OCC3CCCC3)ccc2c1. The molecule has 2 heteroatoms. The normalized spacial score (nSPS) is 15.2. The highest BCUT2D eigenvalue weighted by Crippen LogP contribution is 2.25. The van der Waals surface area contributed by atoms with E-state index in [1.54, 1.807) is 0 Å². The van der Waals surface area contributed by atoms with Crippen LogP contribution in [-0.2, 0) is 4.74 Å². The van der Waals surface area contributed by atoms with E-state index in [9.17, 15) is 4.79 Å². The molecule has 0 aromatic heterocycles. The first-order valence-electron chi connectivity index (χ1n) is 7.59. The van der Waals surface area contributed by atoms with Crippen molar-refractivity contribution in [1.29, 1.82) is 0 Å². The molecule has 0 unspecified atom stereocenters. The molecule has 3 rings (SSSR count). The van der Waals surface area contributed by atoms with Gasteiger partial charge in [-0.05, 0) is 53.3 Å². The first-order chi connectivity index (χ1) is 10.3. The highest BCUT2D eigenvalue weighted by molar-refractivity contribution is 5.95. The van der Waals surface area contributed by atoms with Crippen LogP contribution in [0.5, 0.6) is 0 Å². The Morgan fingerprint density at radius 2 is 1.86 bits per heavy atom. The fourth-order valence-electron chi connectivity index (χ4n) is 2.97. The number of hydrogen-bond acceptors (Lipinski definition) is 2. The molecule has 108 valence electrons. The van der Waals surface area contributed by atoms with Crippen LogP contribution >= 0.6 is 0 Å². The van der Waals surface area contributed by atoms with Gasteiger partial charge in [-0.3, -0.25) is 0 Å². The molecule has 1 aliphatic carbocycles. The van der Waals surface area contributed by atoms with Crippen LogP contribution in [0.3, 0.4) is 0 Å². The summed E-state index contributed by atoms with van der Waals surface area (Å²) in [6.07, 6.45) is 6.74. The third-order valence-corrected chi connectivity index (χ3v) is 4.26. The summed E-state index contributed by atoms with van der Waals surface area (Å²) in [4.78, 5) is 12.1. The van der Waals surface area contributed by atoms with Crippen LogP contribution in [0.4, 0.5) is 0 Å². The van der Waals surface area contributed by atoms with E-state index in [0.29, 0.717) is 18.1 Å². The van der Waals surface area contributed by atoms with Crippen molar-refractivity contribution < 1.29 is 9.53 Å². The van der Waals surface area contributed by atoms with Gasteiger partial charge in [-0.1, -0.05) is 43.7 Å². The van der Waals surface area contributed by atoms with Crippen LogP contribution in [-0.4, -0.2) is 12.6 Å². The molecular weight excluding hydrogens is 260 g/mol. The van der Waals surface area contributed by atoms with Crippen molar-refractivity contribution in [3.63, 3.8) is 0 Å². The highest BCUT2D eigenvalue weighted by atomic mass is 16.5. The van der Waals surface area contributed by atoms with E-state index < -0.39 is 0 Å². The van der Waals surface area contributed by atoms with E-state index in [2.05, 4.69) is 12.6 Å². The summed E-state index contributed by atoms with van der Waals surface area (Å²) in [5.74, 6) is 0.348. The fourth-order valence-corrected chi connectivity index (χ4v) is 2.97. The van der Waals surface area contributed by atoms with Crippen molar-refractivity contribution in [3.05, 3.63) is 54.1 Å². The maximum Gasteiger partial charge on any atom is 0.338 e. The van der Waals surface area contributed by atoms with Gasteiger partial charge in [0, 0.05) is 0 Å². The van der Waals surface area contributed by atoms with Crippen LogP contribution in [0.15, 0.2) is 43.0 Å². The number of benzene rings is 2. The molecule has 2 aromatic rings. The van der Waals surface area contributed by atoms with Gasteiger partial charge in [-0.25, -0.2) is 4.79 Å². The number of carbonyl (C=O) groups excluding carboxylic acids is 1. The van der Waals surface area contributed by atoms with Crippen LogP contribution in [0, 0.1) is 5.92 Å². The van der Waals surface area contributed by atoms with Gasteiger partial charge in [0.25, 0.3) is 0 Å². The Morgan fingerprint density at radius 3 is 2.62 bits per heavy atom. The summed E-state index contributed by atoms with van der Waals surface area (Å²) in [6.45, 7) is 4.33. The molecule has 21 heavy (non-hydrogen) atoms. The Kier molecular flexibility index (Phi) is 4.05. The smallest absolute Gasteiger partial charge is 0.338 e.